The summed E-state index contributed by atoms with van der Waals surface area (Å²) in [6.45, 7) is 0. The maximum Gasteiger partial charge on any atom is 0.363 e. The number of nitriles is 1. The molecular formula is C10H7ClFNO2. The van der Waals surface area contributed by atoms with Gasteiger partial charge in [-0.1, -0.05) is 23.7 Å². The van der Waals surface area contributed by atoms with Crippen LogP contribution in [0.4, 0.5) is 4.39 Å². The second kappa shape index (κ2) is 4.28. The zero-order valence-electron chi connectivity index (χ0n) is 7.83. The number of hydrogen-bond acceptors (Lipinski definition) is 3. The zero-order valence-corrected chi connectivity index (χ0v) is 8.58. The summed E-state index contributed by atoms with van der Waals surface area (Å²) in [4.78, 5) is 11.1. The molecule has 5 heteroatoms. The minimum atomic E-state index is -2.78. The molecule has 0 aliphatic rings. The van der Waals surface area contributed by atoms with Crippen molar-refractivity contribution < 1.29 is 13.9 Å². The molecule has 0 heterocycles. The standard InChI is InChI=1S/C10H7ClFNO2/c1-15-9(14)10(12,6-13)7-2-4-8(11)5-3-7/h2-5H,1H3. The van der Waals surface area contributed by atoms with Gasteiger partial charge in [-0.3, -0.25) is 0 Å². The number of carbonyl (C=O) groups is 1. The maximum absolute atomic E-state index is 13.9. The van der Waals surface area contributed by atoms with E-state index in [2.05, 4.69) is 4.74 Å². The molecule has 78 valence electrons. The van der Waals surface area contributed by atoms with Crippen molar-refractivity contribution in [2.45, 2.75) is 5.67 Å². The van der Waals surface area contributed by atoms with Crippen LogP contribution in [0.1, 0.15) is 5.56 Å². The van der Waals surface area contributed by atoms with Crippen LogP contribution in [0.3, 0.4) is 0 Å². The highest BCUT2D eigenvalue weighted by Gasteiger charge is 2.42. The van der Waals surface area contributed by atoms with Crippen LogP contribution in [0.15, 0.2) is 24.3 Å². The Hall–Kier alpha value is -1.60. The molecule has 3 nitrogen and oxygen atoms in total. The van der Waals surface area contributed by atoms with Gasteiger partial charge < -0.3 is 4.74 Å². The van der Waals surface area contributed by atoms with Gasteiger partial charge in [0.2, 0.25) is 0 Å². The van der Waals surface area contributed by atoms with Gasteiger partial charge in [-0.05, 0) is 12.1 Å². The Morgan fingerprint density at radius 1 is 1.53 bits per heavy atom. The monoisotopic (exact) mass is 227 g/mol. The molecule has 0 bridgehead atoms. The number of methoxy groups -OCH3 is 1. The van der Waals surface area contributed by atoms with Crippen LogP contribution < -0.4 is 0 Å². The van der Waals surface area contributed by atoms with E-state index in [-0.39, 0.29) is 5.56 Å². The van der Waals surface area contributed by atoms with Gasteiger partial charge in [0, 0.05) is 10.6 Å². The molecule has 0 saturated heterocycles. The van der Waals surface area contributed by atoms with Crippen LogP contribution in [0, 0.1) is 11.3 Å². The first-order valence-corrected chi connectivity index (χ1v) is 4.37. The Labute approximate surface area is 91.0 Å². The molecule has 1 rings (SSSR count). The van der Waals surface area contributed by atoms with Gasteiger partial charge in [0.1, 0.15) is 6.07 Å². The third-order valence-corrected chi connectivity index (χ3v) is 2.11. The normalized spacial score (nSPS) is 13.7. The minimum Gasteiger partial charge on any atom is -0.466 e. The first-order chi connectivity index (χ1) is 7.04. The number of ether oxygens (including phenoxy) is 1. The van der Waals surface area contributed by atoms with Crippen LogP contribution in [0.2, 0.25) is 5.02 Å². The predicted octanol–water partition coefficient (Wildman–Crippen LogP) is 2.20. The number of rotatable bonds is 2. The fourth-order valence-electron chi connectivity index (χ4n) is 1.05. The zero-order chi connectivity index (χ0) is 11.5. The fourth-order valence-corrected chi connectivity index (χ4v) is 1.17. The number of carbonyl (C=O) groups excluding carboxylic acids is 1. The van der Waals surface area contributed by atoms with E-state index >= 15 is 0 Å². The van der Waals surface area contributed by atoms with Crippen molar-refractivity contribution in [3.8, 4) is 6.07 Å². The molecule has 15 heavy (non-hydrogen) atoms. The largest absolute Gasteiger partial charge is 0.466 e. The van der Waals surface area contributed by atoms with Crippen LogP contribution in [0.25, 0.3) is 0 Å². The van der Waals surface area contributed by atoms with Crippen LogP contribution in [-0.2, 0) is 15.2 Å². The highest BCUT2D eigenvalue weighted by atomic mass is 35.5. The molecule has 0 fully saturated rings. The summed E-state index contributed by atoms with van der Waals surface area (Å²) in [5.41, 5.74) is -2.87. The molecule has 0 aliphatic heterocycles. The van der Waals surface area contributed by atoms with Crippen molar-refractivity contribution in [1.82, 2.24) is 0 Å². The summed E-state index contributed by atoms with van der Waals surface area (Å²) in [7, 11) is 1.02. The Morgan fingerprint density at radius 2 is 2.07 bits per heavy atom. The number of alkyl halides is 1. The lowest BCUT2D eigenvalue weighted by molar-refractivity contribution is -0.151. The fraction of sp³-hybridized carbons (Fsp3) is 0.200. The third-order valence-electron chi connectivity index (χ3n) is 1.86. The molecule has 1 unspecified atom stereocenters. The van der Waals surface area contributed by atoms with E-state index in [1.165, 1.54) is 30.3 Å². The summed E-state index contributed by atoms with van der Waals surface area (Å²) in [5.74, 6) is -1.24. The summed E-state index contributed by atoms with van der Waals surface area (Å²) in [5, 5.41) is 9.04. The Bertz CT molecular complexity index is 412. The topological polar surface area (TPSA) is 50.1 Å². The number of halogens is 2. The summed E-state index contributed by atoms with van der Waals surface area (Å²) in [6, 6.07) is 6.60. The molecule has 0 saturated carbocycles. The van der Waals surface area contributed by atoms with Gasteiger partial charge in [-0.25, -0.2) is 9.18 Å². The lowest BCUT2D eigenvalue weighted by Crippen LogP contribution is -2.30. The number of nitrogens with zero attached hydrogens (tertiary/aromatic N) is 1. The van der Waals surface area contributed by atoms with E-state index < -0.39 is 11.6 Å². The summed E-state index contributed by atoms with van der Waals surface area (Å²) >= 11 is 5.60. The van der Waals surface area contributed by atoms with E-state index in [4.69, 9.17) is 16.9 Å². The quantitative estimate of drug-likeness (QED) is 0.728. The van der Waals surface area contributed by atoms with Crippen molar-refractivity contribution >= 4 is 17.6 Å². The molecule has 0 N–H and O–H groups in total. The third kappa shape index (κ3) is 2.08. The molecule has 0 aliphatic carbocycles. The molecule has 0 spiro atoms. The van der Waals surface area contributed by atoms with Crippen molar-refractivity contribution in [2.24, 2.45) is 0 Å². The van der Waals surface area contributed by atoms with Crippen molar-refractivity contribution in [3.05, 3.63) is 34.9 Å². The molecule has 0 amide bonds. The van der Waals surface area contributed by atoms with Gasteiger partial charge >= 0.3 is 11.6 Å². The summed E-state index contributed by atoms with van der Waals surface area (Å²) < 4.78 is 18.1. The molecule has 0 aromatic heterocycles. The Kier molecular flexibility index (Phi) is 3.28. The Balaban J connectivity index is 3.19. The SMILES string of the molecule is COC(=O)C(F)(C#N)c1ccc(Cl)cc1. The second-order valence-electron chi connectivity index (χ2n) is 2.77. The molecule has 1 aromatic rings. The van der Waals surface area contributed by atoms with E-state index in [1.54, 1.807) is 0 Å². The van der Waals surface area contributed by atoms with Crippen molar-refractivity contribution in [3.63, 3.8) is 0 Å². The first-order valence-electron chi connectivity index (χ1n) is 3.99. The average molecular weight is 228 g/mol. The molecule has 1 aromatic carbocycles. The van der Waals surface area contributed by atoms with Gasteiger partial charge in [-0.2, -0.15) is 5.26 Å². The van der Waals surface area contributed by atoms with Crippen LogP contribution in [0.5, 0.6) is 0 Å². The highest BCUT2D eigenvalue weighted by Crippen LogP contribution is 2.27. The Morgan fingerprint density at radius 3 is 2.47 bits per heavy atom. The highest BCUT2D eigenvalue weighted by molar-refractivity contribution is 6.30. The van der Waals surface area contributed by atoms with Crippen LogP contribution >= 0.6 is 11.6 Å². The number of hydrogen-bond donors (Lipinski definition) is 0. The van der Waals surface area contributed by atoms with Gasteiger partial charge in [0.05, 0.1) is 7.11 Å². The maximum atomic E-state index is 13.9. The first kappa shape index (κ1) is 11.5. The van der Waals surface area contributed by atoms with Gasteiger partial charge in [0.25, 0.3) is 0 Å². The van der Waals surface area contributed by atoms with Gasteiger partial charge in [0.15, 0.2) is 0 Å². The summed E-state index contributed by atoms with van der Waals surface area (Å²) in [6.07, 6.45) is 0. The number of benzene rings is 1. The van der Waals surface area contributed by atoms with E-state index in [0.717, 1.165) is 7.11 Å². The smallest absolute Gasteiger partial charge is 0.363 e. The van der Waals surface area contributed by atoms with E-state index in [0.29, 0.717) is 5.02 Å². The van der Waals surface area contributed by atoms with E-state index in [1.807, 2.05) is 0 Å². The van der Waals surface area contributed by atoms with E-state index in [9.17, 15) is 9.18 Å². The lowest BCUT2D eigenvalue weighted by atomic mass is 9.98. The lowest BCUT2D eigenvalue weighted by Gasteiger charge is -2.14. The van der Waals surface area contributed by atoms with Gasteiger partial charge in [-0.15, -0.1) is 0 Å². The number of esters is 1. The van der Waals surface area contributed by atoms with Crippen molar-refractivity contribution in [1.29, 1.82) is 5.26 Å². The second-order valence-corrected chi connectivity index (χ2v) is 3.21. The van der Waals surface area contributed by atoms with Crippen LogP contribution in [-0.4, -0.2) is 13.1 Å². The minimum absolute atomic E-state index is 0.0961. The molecule has 1 atom stereocenters. The predicted molar refractivity (Wildman–Crippen MR) is 51.9 cm³/mol. The average Bonchev–Trinajstić information content (AvgIpc) is 2.27. The molecular weight excluding hydrogens is 221 g/mol. The molecule has 0 radical (unpaired) electrons. The van der Waals surface area contributed by atoms with Crippen molar-refractivity contribution in [2.75, 3.05) is 7.11 Å².